The summed E-state index contributed by atoms with van der Waals surface area (Å²) in [6, 6.07) is 2.37. The van der Waals surface area contributed by atoms with Gasteiger partial charge in [-0.25, -0.2) is 9.07 Å². The summed E-state index contributed by atoms with van der Waals surface area (Å²) < 4.78 is 59.6. The number of fused-ring (bicyclic) bond motifs is 1. The van der Waals surface area contributed by atoms with E-state index >= 15 is 0 Å². The lowest BCUT2D eigenvalue weighted by atomic mass is 9.97. The maximum atomic E-state index is 13.7. The normalized spacial score (nSPS) is 19.1. The van der Waals surface area contributed by atoms with E-state index in [1.165, 1.54) is 31.4 Å². The summed E-state index contributed by atoms with van der Waals surface area (Å²) in [6.45, 7) is 0.384. The lowest BCUT2D eigenvalue weighted by molar-refractivity contribution is -0.173. The van der Waals surface area contributed by atoms with Crippen LogP contribution in [-0.4, -0.2) is 42.1 Å². The fraction of sp³-hybridized carbons (Fsp3) is 0.412. The third kappa shape index (κ3) is 4.07. The molecule has 0 unspecified atom stereocenters. The summed E-state index contributed by atoms with van der Waals surface area (Å²) in [5, 5.41) is 8.96. The number of hydrogen-bond acceptors (Lipinski definition) is 4. The monoisotopic (exact) mass is 420 g/mol. The average molecular weight is 421 g/mol. The first-order chi connectivity index (χ1) is 13.2. The number of carbonyl (C=O) groups is 1. The highest BCUT2D eigenvalue weighted by Crippen LogP contribution is 2.46. The molecule has 0 fully saturated rings. The molecule has 1 aromatic heterocycles. The number of amides is 1. The summed E-state index contributed by atoms with van der Waals surface area (Å²) in [5.41, 5.74) is 0.152. The average Bonchev–Trinajstić information content (AvgIpc) is 2.98. The van der Waals surface area contributed by atoms with Crippen molar-refractivity contribution < 1.29 is 27.1 Å². The number of carbonyl (C=O) groups excluding carboxylic acids is 1. The van der Waals surface area contributed by atoms with E-state index in [1.807, 2.05) is 0 Å². The first-order valence-electron chi connectivity index (χ1n) is 8.36. The van der Waals surface area contributed by atoms with Crippen molar-refractivity contribution in [2.75, 3.05) is 25.6 Å². The topological polar surface area (TPSA) is 68.2 Å². The molecule has 6 nitrogen and oxygen atoms in total. The van der Waals surface area contributed by atoms with Gasteiger partial charge in [-0.2, -0.15) is 18.3 Å². The molecule has 0 radical (unpaired) electrons. The van der Waals surface area contributed by atoms with Crippen molar-refractivity contribution in [3.05, 3.63) is 46.4 Å². The van der Waals surface area contributed by atoms with Gasteiger partial charge in [-0.05, 0) is 17.7 Å². The minimum absolute atomic E-state index is 0.110. The summed E-state index contributed by atoms with van der Waals surface area (Å²) >= 11 is 6.18. The first-order valence-corrected chi connectivity index (χ1v) is 8.74. The van der Waals surface area contributed by atoms with Gasteiger partial charge in [0.2, 0.25) is 0 Å². The fourth-order valence-electron chi connectivity index (χ4n) is 3.00. The van der Waals surface area contributed by atoms with Crippen molar-refractivity contribution in [3.63, 3.8) is 0 Å². The summed E-state index contributed by atoms with van der Waals surface area (Å²) in [6.07, 6.45) is -5.00. The Bertz CT molecular complexity index is 854. The molecule has 152 valence electrons. The molecule has 3 rings (SSSR count). The van der Waals surface area contributed by atoms with Gasteiger partial charge >= 0.3 is 6.18 Å². The Morgan fingerprint density at radius 2 is 2.07 bits per heavy atom. The SMILES string of the molecule is COCCNC(=O)c1nn2c(c1Cl)N[C@H](c1ccc(F)cc1)C[C@@H]2C(F)(F)F. The molecule has 1 amide bonds. The molecule has 2 N–H and O–H groups in total. The molecule has 0 spiro atoms. The molecule has 0 aliphatic carbocycles. The standard InChI is InChI=1S/C17H17ClF4N4O2/c1-28-7-6-23-16(27)14-13(18)15-24-11(9-2-4-10(19)5-3-9)8-12(17(20,21)22)26(15)25-14/h2-5,11-12,24H,6-8H2,1H3,(H,23,27)/t11-,12+/m0/s1. The van der Waals surface area contributed by atoms with Gasteiger partial charge in [-0.1, -0.05) is 23.7 Å². The van der Waals surface area contributed by atoms with E-state index in [4.69, 9.17) is 16.3 Å². The molecular weight excluding hydrogens is 404 g/mol. The Labute approximate surface area is 162 Å². The van der Waals surface area contributed by atoms with Crippen LogP contribution in [0.25, 0.3) is 0 Å². The maximum absolute atomic E-state index is 13.7. The Hall–Kier alpha value is -2.33. The van der Waals surface area contributed by atoms with Crippen LogP contribution in [0.2, 0.25) is 5.02 Å². The Morgan fingerprint density at radius 1 is 1.39 bits per heavy atom. The molecule has 0 bridgehead atoms. The van der Waals surface area contributed by atoms with Crippen LogP contribution in [0.4, 0.5) is 23.4 Å². The highest BCUT2D eigenvalue weighted by molar-refractivity contribution is 6.36. The highest BCUT2D eigenvalue weighted by atomic mass is 35.5. The van der Waals surface area contributed by atoms with Crippen LogP contribution in [0.1, 0.15) is 34.6 Å². The maximum Gasteiger partial charge on any atom is 0.410 e. The van der Waals surface area contributed by atoms with Crippen LogP contribution >= 0.6 is 11.6 Å². The minimum Gasteiger partial charge on any atom is -0.383 e. The number of anilines is 1. The van der Waals surface area contributed by atoms with Crippen LogP contribution in [-0.2, 0) is 4.74 Å². The van der Waals surface area contributed by atoms with Crippen LogP contribution in [0.5, 0.6) is 0 Å². The Balaban J connectivity index is 1.96. The molecule has 2 heterocycles. The van der Waals surface area contributed by atoms with Gasteiger partial charge in [0.1, 0.15) is 16.7 Å². The van der Waals surface area contributed by atoms with Crippen LogP contribution in [0.15, 0.2) is 24.3 Å². The number of aromatic nitrogens is 2. The zero-order valence-corrected chi connectivity index (χ0v) is 15.4. The number of nitrogens with zero attached hydrogens (tertiary/aromatic N) is 2. The van der Waals surface area contributed by atoms with Gasteiger partial charge in [0.15, 0.2) is 11.7 Å². The van der Waals surface area contributed by atoms with Crippen molar-refractivity contribution in [3.8, 4) is 0 Å². The molecular formula is C17H17ClF4N4O2. The summed E-state index contributed by atoms with van der Waals surface area (Å²) in [5.74, 6) is -1.31. The minimum atomic E-state index is -4.62. The first kappa shape index (κ1) is 20.4. The predicted octanol–water partition coefficient (Wildman–Crippen LogP) is 3.71. The van der Waals surface area contributed by atoms with E-state index in [2.05, 4.69) is 15.7 Å². The molecule has 2 atom stereocenters. The highest BCUT2D eigenvalue weighted by Gasteiger charge is 2.47. The molecule has 1 aliphatic rings. The summed E-state index contributed by atoms with van der Waals surface area (Å²) in [7, 11) is 1.45. The second-order valence-electron chi connectivity index (χ2n) is 6.25. The number of ether oxygens (including phenoxy) is 1. The predicted molar refractivity (Wildman–Crippen MR) is 93.9 cm³/mol. The largest absolute Gasteiger partial charge is 0.410 e. The van der Waals surface area contributed by atoms with Crippen molar-refractivity contribution >= 4 is 23.3 Å². The number of nitrogens with one attached hydrogen (secondary N) is 2. The molecule has 0 saturated heterocycles. The molecule has 11 heteroatoms. The van der Waals surface area contributed by atoms with Crippen molar-refractivity contribution in [2.45, 2.75) is 24.7 Å². The number of benzene rings is 1. The van der Waals surface area contributed by atoms with Gasteiger partial charge in [0.25, 0.3) is 5.91 Å². The van der Waals surface area contributed by atoms with Gasteiger partial charge in [0.05, 0.1) is 12.6 Å². The van der Waals surface area contributed by atoms with E-state index in [9.17, 15) is 22.4 Å². The van der Waals surface area contributed by atoms with Crippen molar-refractivity contribution in [2.24, 2.45) is 0 Å². The molecule has 0 saturated carbocycles. The molecule has 1 aliphatic heterocycles. The van der Waals surface area contributed by atoms with E-state index in [0.29, 0.717) is 10.2 Å². The Kier molecular flexibility index (Phi) is 5.80. The molecule has 2 aromatic rings. The second kappa shape index (κ2) is 7.96. The third-order valence-electron chi connectivity index (χ3n) is 4.37. The fourth-order valence-corrected chi connectivity index (χ4v) is 3.26. The molecule has 28 heavy (non-hydrogen) atoms. The quantitative estimate of drug-likeness (QED) is 0.571. The lowest BCUT2D eigenvalue weighted by Gasteiger charge is -2.33. The number of halogens is 5. The van der Waals surface area contributed by atoms with Crippen LogP contribution < -0.4 is 10.6 Å². The number of rotatable bonds is 5. The third-order valence-corrected chi connectivity index (χ3v) is 4.73. The van der Waals surface area contributed by atoms with Crippen LogP contribution in [0.3, 0.4) is 0 Å². The van der Waals surface area contributed by atoms with Crippen molar-refractivity contribution in [1.82, 2.24) is 15.1 Å². The van der Waals surface area contributed by atoms with E-state index < -0.39 is 30.0 Å². The number of hydrogen-bond donors (Lipinski definition) is 2. The number of alkyl halides is 3. The second-order valence-corrected chi connectivity index (χ2v) is 6.62. The smallest absolute Gasteiger partial charge is 0.383 e. The summed E-state index contributed by atoms with van der Waals surface area (Å²) in [4.78, 5) is 12.2. The van der Waals surface area contributed by atoms with Crippen LogP contribution in [0, 0.1) is 5.82 Å². The zero-order chi connectivity index (χ0) is 20.5. The van der Waals surface area contributed by atoms with Gasteiger partial charge in [-0.15, -0.1) is 0 Å². The van der Waals surface area contributed by atoms with E-state index in [-0.39, 0.29) is 36.1 Å². The van der Waals surface area contributed by atoms with E-state index in [1.54, 1.807) is 0 Å². The number of methoxy groups -OCH3 is 1. The van der Waals surface area contributed by atoms with Gasteiger partial charge in [0, 0.05) is 20.1 Å². The lowest BCUT2D eigenvalue weighted by Crippen LogP contribution is -2.36. The van der Waals surface area contributed by atoms with E-state index in [0.717, 1.165) is 0 Å². The molecule has 1 aromatic carbocycles. The Morgan fingerprint density at radius 3 is 2.68 bits per heavy atom. The van der Waals surface area contributed by atoms with Gasteiger partial charge < -0.3 is 15.4 Å². The zero-order valence-electron chi connectivity index (χ0n) is 14.7. The van der Waals surface area contributed by atoms with Gasteiger partial charge in [-0.3, -0.25) is 4.79 Å². The van der Waals surface area contributed by atoms with Crippen molar-refractivity contribution in [1.29, 1.82) is 0 Å².